The zero-order valence-electron chi connectivity index (χ0n) is 53.5. The molecule has 0 amide bonds. The molecule has 0 radical (unpaired) electrons. The highest BCUT2D eigenvalue weighted by molar-refractivity contribution is 5.87. The normalized spacial score (nSPS) is 11.3. The molecule has 2 nitrogen and oxygen atoms in total. The maximum Gasteiger partial charge on any atom is 0.0464 e. The summed E-state index contributed by atoms with van der Waals surface area (Å²) in [6, 6.07) is 91.2. The molecule has 0 aliphatic heterocycles. The lowest BCUT2D eigenvalue weighted by molar-refractivity contribution is 0.607. The van der Waals surface area contributed by atoms with Gasteiger partial charge in [0.05, 0.1) is 0 Å². The third kappa shape index (κ3) is 14.2. The maximum absolute atomic E-state index is 2.62. The Hall–Kier alpha value is -8.98. The Morgan fingerprint density at radius 1 is 0.227 bits per heavy atom. The molecule has 11 aromatic rings. The standard InChI is InChI=1S/C86H88N2/c1-9-11-13-15-16-20-30-74-60-85(83-53-49-79(57-65(83)7)87(75-43-39-69(40-44-75)67-35-31-61(3)32-36-67)77-47-51-81(63(5)55-77)71-25-21-17-22-26-71)73(29-19-14-12-10-2)59-86(74)84-54-50-80(58-66(84)8)88(76-45-41-70(42-46-76)68-37-33-62(4)34-38-68)78-48-52-82(64(6)56-78)72-27-23-18-24-28-72/h17-18,21-28,31-60H,9-16,19-20,29-30H2,1-8H3. The Bertz CT molecular complexity index is 4080. The molecule has 0 spiro atoms. The third-order valence-electron chi connectivity index (χ3n) is 18.1. The van der Waals surface area contributed by atoms with Crippen LogP contribution >= 0.6 is 0 Å². The Labute approximate surface area is 527 Å². The van der Waals surface area contributed by atoms with Crippen LogP contribution in [-0.4, -0.2) is 0 Å². The predicted octanol–water partition coefficient (Wildman–Crippen LogP) is 25.5. The molecule has 0 N–H and O–H groups in total. The van der Waals surface area contributed by atoms with Crippen LogP contribution in [0.4, 0.5) is 34.1 Å². The van der Waals surface area contributed by atoms with Crippen molar-refractivity contribution in [1.82, 2.24) is 0 Å². The van der Waals surface area contributed by atoms with E-state index >= 15 is 0 Å². The van der Waals surface area contributed by atoms with Gasteiger partial charge in [0, 0.05) is 34.1 Å². The van der Waals surface area contributed by atoms with Crippen LogP contribution in [0.3, 0.4) is 0 Å². The topological polar surface area (TPSA) is 6.48 Å². The largest absolute Gasteiger partial charge is 0.310 e. The van der Waals surface area contributed by atoms with Crippen LogP contribution < -0.4 is 9.80 Å². The van der Waals surface area contributed by atoms with Crippen molar-refractivity contribution in [3.8, 4) is 66.8 Å². The highest BCUT2D eigenvalue weighted by Gasteiger charge is 2.22. The molecule has 0 fully saturated rings. The van der Waals surface area contributed by atoms with E-state index in [1.807, 2.05) is 0 Å². The molecular weight excluding hydrogens is 1060 g/mol. The first-order chi connectivity index (χ1) is 43.0. The summed E-state index contributed by atoms with van der Waals surface area (Å²) in [4.78, 5) is 4.90. The first-order valence-electron chi connectivity index (χ1n) is 32.7. The van der Waals surface area contributed by atoms with Gasteiger partial charge in [-0.15, -0.1) is 0 Å². The maximum atomic E-state index is 2.62. The van der Waals surface area contributed by atoms with E-state index in [1.165, 1.54) is 169 Å². The second-order valence-corrected chi connectivity index (χ2v) is 24.7. The molecule has 0 saturated carbocycles. The van der Waals surface area contributed by atoms with Crippen molar-refractivity contribution in [2.45, 2.75) is 132 Å². The molecule has 11 aromatic carbocycles. The van der Waals surface area contributed by atoms with Crippen LogP contribution in [0.15, 0.2) is 243 Å². The molecule has 0 bridgehead atoms. The van der Waals surface area contributed by atoms with Crippen LogP contribution in [0.1, 0.15) is 123 Å². The minimum Gasteiger partial charge on any atom is -0.310 e. The first-order valence-corrected chi connectivity index (χ1v) is 32.7. The van der Waals surface area contributed by atoms with E-state index in [9.17, 15) is 0 Å². The van der Waals surface area contributed by atoms with Crippen molar-refractivity contribution < 1.29 is 0 Å². The lowest BCUT2D eigenvalue weighted by Gasteiger charge is -2.28. The number of nitrogens with zero attached hydrogens (tertiary/aromatic N) is 2. The van der Waals surface area contributed by atoms with Gasteiger partial charge in [0.2, 0.25) is 0 Å². The average Bonchev–Trinajstić information content (AvgIpc) is 1.61. The smallest absolute Gasteiger partial charge is 0.0464 e. The summed E-state index contributed by atoms with van der Waals surface area (Å²) in [5.41, 5.74) is 32.6. The van der Waals surface area contributed by atoms with Gasteiger partial charge in [0.25, 0.3) is 0 Å². The monoisotopic (exact) mass is 1150 g/mol. The number of benzene rings is 11. The van der Waals surface area contributed by atoms with Crippen LogP contribution in [0.25, 0.3) is 66.8 Å². The van der Waals surface area contributed by atoms with E-state index in [2.05, 4.69) is 308 Å². The fourth-order valence-electron chi connectivity index (χ4n) is 13.1. The number of unbranched alkanes of at least 4 members (excludes halogenated alkanes) is 8. The van der Waals surface area contributed by atoms with Crippen LogP contribution in [0.5, 0.6) is 0 Å². The molecule has 88 heavy (non-hydrogen) atoms. The Morgan fingerprint density at radius 3 is 0.841 bits per heavy atom. The molecule has 2 heteroatoms. The SMILES string of the molecule is CCCCCCCCc1cc(-c2ccc(N(c3ccc(-c4ccc(C)cc4)cc3)c3ccc(-c4ccccc4)c(C)c3)cc2C)c(CCCCCC)cc1-c1ccc(N(c2ccc(-c3ccc(C)cc3)cc2)c2ccc(-c3ccccc3)c(C)c2)cc1C. The van der Waals surface area contributed by atoms with Gasteiger partial charge in [-0.2, -0.15) is 0 Å². The molecule has 0 aliphatic rings. The summed E-state index contributed by atoms with van der Waals surface area (Å²) in [6.07, 6.45) is 14.5. The molecule has 0 atom stereocenters. The van der Waals surface area contributed by atoms with Crippen LogP contribution in [-0.2, 0) is 12.8 Å². The van der Waals surface area contributed by atoms with E-state index in [0.717, 1.165) is 53.4 Å². The van der Waals surface area contributed by atoms with E-state index < -0.39 is 0 Å². The predicted molar refractivity (Wildman–Crippen MR) is 382 cm³/mol. The summed E-state index contributed by atoms with van der Waals surface area (Å²) in [7, 11) is 0. The van der Waals surface area contributed by atoms with Crippen LogP contribution in [0, 0.1) is 41.5 Å². The lowest BCUT2D eigenvalue weighted by Crippen LogP contribution is -2.11. The van der Waals surface area contributed by atoms with Crippen molar-refractivity contribution in [1.29, 1.82) is 0 Å². The third-order valence-corrected chi connectivity index (χ3v) is 18.1. The first kappa shape index (κ1) is 60.7. The van der Waals surface area contributed by atoms with Crippen molar-refractivity contribution in [2.24, 2.45) is 0 Å². The molecule has 0 heterocycles. The van der Waals surface area contributed by atoms with E-state index in [-0.39, 0.29) is 0 Å². The van der Waals surface area contributed by atoms with Crippen molar-refractivity contribution in [3.63, 3.8) is 0 Å². The van der Waals surface area contributed by atoms with Crippen molar-refractivity contribution >= 4 is 34.1 Å². The molecule has 442 valence electrons. The highest BCUT2D eigenvalue weighted by atomic mass is 15.1. The number of aryl methyl sites for hydroxylation is 8. The fraction of sp³-hybridized carbons (Fsp3) is 0.233. The Kier molecular flexibility index (Phi) is 19.8. The van der Waals surface area contributed by atoms with Gasteiger partial charge in [-0.1, -0.05) is 246 Å². The summed E-state index contributed by atoms with van der Waals surface area (Å²) in [5.74, 6) is 0. The summed E-state index contributed by atoms with van der Waals surface area (Å²) >= 11 is 0. The highest BCUT2D eigenvalue weighted by Crippen LogP contribution is 2.45. The van der Waals surface area contributed by atoms with E-state index in [4.69, 9.17) is 0 Å². The van der Waals surface area contributed by atoms with Gasteiger partial charge < -0.3 is 9.80 Å². The Morgan fingerprint density at radius 2 is 0.511 bits per heavy atom. The number of hydrogen-bond acceptors (Lipinski definition) is 2. The second kappa shape index (κ2) is 28.7. The number of hydrogen-bond donors (Lipinski definition) is 0. The van der Waals surface area contributed by atoms with Crippen molar-refractivity contribution in [2.75, 3.05) is 9.80 Å². The van der Waals surface area contributed by atoms with Crippen molar-refractivity contribution in [3.05, 3.63) is 287 Å². The molecule has 11 rings (SSSR count). The quantitative estimate of drug-likeness (QED) is 0.0557. The average molecular weight is 1150 g/mol. The molecule has 0 aliphatic carbocycles. The minimum atomic E-state index is 1.04. The second-order valence-electron chi connectivity index (χ2n) is 24.7. The zero-order chi connectivity index (χ0) is 60.9. The van der Waals surface area contributed by atoms with Gasteiger partial charge in [-0.3, -0.25) is 0 Å². The molecule has 0 unspecified atom stereocenters. The zero-order valence-corrected chi connectivity index (χ0v) is 53.5. The molecular formula is C86H88N2. The molecule has 0 aromatic heterocycles. The summed E-state index contributed by atoms with van der Waals surface area (Å²) in [6.45, 7) is 18.1. The van der Waals surface area contributed by atoms with Gasteiger partial charge in [-0.05, 0) is 240 Å². The van der Waals surface area contributed by atoms with Gasteiger partial charge >= 0.3 is 0 Å². The lowest BCUT2D eigenvalue weighted by atomic mass is 9.84. The molecule has 0 saturated heterocycles. The van der Waals surface area contributed by atoms with Gasteiger partial charge in [0.1, 0.15) is 0 Å². The summed E-state index contributed by atoms with van der Waals surface area (Å²) < 4.78 is 0. The van der Waals surface area contributed by atoms with E-state index in [0.29, 0.717) is 0 Å². The van der Waals surface area contributed by atoms with Gasteiger partial charge in [0.15, 0.2) is 0 Å². The number of anilines is 6. The number of rotatable bonds is 24. The minimum absolute atomic E-state index is 1.04. The van der Waals surface area contributed by atoms with E-state index in [1.54, 1.807) is 0 Å². The Balaban J connectivity index is 0.999. The van der Waals surface area contributed by atoms with Crippen LogP contribution in [0.2, 0.25) is 0 Å². The van der Waals surface area contributed by atoms with Gasteiger partial charge in [-0.25, -0.2) is 0 Å². The summed E-state index contributed by atoms with van der Waals surface area (Å²) in [5, 5.41) is 0. The fourth-order valence-corrected chi connectivity index (χ4v) is 13.1.